The Hall–Kier alpha value is -2.30. The molecule has 0 fully saturated rings. The standard InChI is InChI=1S/C17H19N3O2/c1-10-6-11(2)16-14(7-10)20-15(9-18-16)19-13(17(20)21)8-12-4-3-5-22-12/h3-5,9-11,18H,6-8H2,1-2H3. The van der Waals surface area contributed by atoms with Gasteiger partial charge >= 0.3 is 0 Å². The van der Waals surface area contributed by atoms with E-state index in [9.17, 15) is 4.79 Å². The maximum absolute atomic E-state index is 12.8. The van der Waals surface area contributed by atoms with Crippen LogP contribution in [0.2, 0.25) is 0 Å². The van der Waals surface area contributed by atoms with Crippen LogP contribution in [0, 0.1) is 5.92 Å². The summed E-state index contributed by atoms with van der Waals surface area (Å²) in [5, 5.41) is 0. The zero-order chi connectivity index (χ0) is 15.3. The van der Waals surface area contributed by atoms with Gasteiger partial charge in [0.2, 0.25) is 0 Å². The van der Waals surface area contributed by atoms with E-state index in [1.165, 1.54) is 5.69 Å². The number of nitrogens with zero attached hydrogens (tertiary/aromatic N) is 2. The number of H-pyrrole nitrogens is 1. The fourth-order valence-corrected chi connectivity index (χ4v) is 3.63. The number of nitrogens with one attached hydrogen (secondary N) is 1. The highest BCUT2D eigenvalue weighted by Gasteiger charge is 2.28. The molecule has 0 bridgehead atoms. The van der Waals surface area contributed by atoms with Gasteiger partial charge in [-0.15, -0.1) is 0 Å². The minimum Gasteiger partial charge on any atom is -0.469 e. The van der Waals surface area contributed by atoms with Crippen molar-refractivity contribution >= 4 is 0 Å². The normalized spacial score (nSPS) is 21.2. The lowest BCUT2D eigenvalue weighted by molar-refractivity contribution is 0.426. The predicted octanol–water partition coefficient (Wildman–Crippen LogP) is 2.87. The first-order valence-electron chi connectivity index (χ1n) is 7.77. The third kappa shape index (κ3) is 2.00. The highest BCUT2D eigenvalue weighted by molar-refractivity contribution is 5.35. The van der Waals surface area contributed by atoms with Crippen molar-refractivity contribution in [3.05, 3.63) is 57.8 Å². The van der Waals surface area contributed by atoms with Gasteiger partial charge in [0.1, 0.15) is 11.5 Å². The average molecular weight is 297 g/mol. The molecule has 2 unspecified atom stereocenters. The monoisotopic (exact) mass is 297 g/mol. The molecule has 114 valence electrons. The number of aromatic amines is 1. The van der Waals surface area contributed by atoms with Crippen LogP contribution in [-0.2, 0) is 12.8 Å². The topological polar surface area (TPSA) is 63.8 Å². The summed E-state index contributed by atoms with van der Waals surface area (Å²) in [6, 6.07) is 3.70. The molecule has 3 heterocycles. The molecule has 5 nitrogen and oxygen atoms in total. The third-order valence-corrected chi connectivity index (χ3v) is 4.58. The summed E-state index contributed by atoms with van der Waals surface area (Å²) < 4.78 is 7.13. The van der Waals surface area contributed by atoms with Gasteiger partial charge in [-0.3, -0.25) is 9.36 Å². The summed E-state index contributed by atoms with van der Waals surface area (Å²) in [7, 11) is 0. The lowest BCUT2D eigenvalue weighted by atomic mass is 9.83. The molecule has 0 saturated heterocycles. The zero-order valence-corrected chi connectivity index (χ0v) is 12.8. The van der Waals surface area contributed by atoms with Crippen LogP contribution in [0.1, 0.15) is 49.0 Å². The predicted molar refractivity (Wildman–Crippen MR) is 82.8 cm³/mol. The maximum Gasteiger partial charge on any atom is 0.278 e. The van der Waals surface area contributed by atoms with Crippen molar-refractivity contribution in [2.24, 2.45) is 5.92 Å². The Kier molecular flexibility index (Phi) is 2.96. The molecule has 22 heavy (non-hydrogen) atoms. The van der Waals surface area contributed by atoms with Gasteiger partial charge in [0, 0.05) is 17.6 Å². The van der Waals surface area contributed by atoms with Crippen LogP contribution < -0.4 is 5.56 Å². The van der Waals surface area contributed by atoms with E-state index in [2.05, 4.69) is 23.8 Å². The molecule has 3 aliphatic rings. The van der Waals surface area contributed by atoms with Crippen molar-refractivity contribution < 1.29 is 4.42 Å². The molecule has 2 aliphatic heterocycles. The lowest BCUT2D eigenvalue weighted by Gasteiger charge is -2.28. The summed E-state index contributed by atoms with van der Waals surface area (Å²) in [5.41, 5.74) is 2.79. The van der Waals surface area contributed by atoms with E-state index in [0.717, 1.165) is 24.3 Å². The average Bonchev–Trinajstić information content (AvgIpc) is 3.08. The Morgan fingerprint density at radius 1 is 1.45 bits per heavy atom. The van der Waals surface area contributed by atoms with Gasteiger partial charge in [-0.05, 0) is 36.8 Å². The Morgan fingerprint density at radius 3 is 3.09 bits per heavy atom. The second kappa shape index (κ2) is 4.87. The van der Waals surface area contributed by atoms with E-state index >= 15 is 0 Å². The number of hydrogen-bond acceptors (Lipinski definition) is 3. The van der Waals surface area contributed by atoms with E-state index in [4.69, 9.17) is 4.42 Å². The fourth-order valence-electron chi connectivity index (χ4n) is 3.63. The smallest absolute Gasteiger partial charge is 0.278 e. The number of imidazole rings is 1. The molecule has 1 aromatic heterocycles. The van der Waals surface area contributed by atoms with Crippen LogP contribution in [0.3, 0.4) is 0 Å². The molecule has 0 radical (unpaired) electrons. The summed E-state index contributed by atoms with van der Waals surface area (Å²) >= 11 is 0. The minimum absolute atomic E-state index is 0.0158. The SMILES string of the molecule is CC1Cc2c([nH]cc3nc(Cc4ccco4)c(=O)n2-3)C(C)C1. The number of rotatable bonds is 2. The van der Waals surface area contributed by atoms with Crippen molar-refractivity contribution in [2.75, 3.05) is 0 Å². The summed E-state index contributed by atoms with van der Waals surface area (Å²) in [4.78, 5) is 20.6. The fraction of sp³-hybridized carbons (Fsp3) is 0.412. The molecule has 0 amide bonds. The third-order valence-electron chi connectivity index (χ3n) is 4.58. The van der Waals surface area contributed by atoms with Gasteiger partial charge in [-0.1, -0.05) is 13.8 Å². The molecule has 1 aliphatic carbocycles. The Bertz CT molecular complexity index is 828. The molecule has 5 heteroatoms. The molecule has 0 spiro atoms. The van der Waals surface area contributed by atoms with Gasteiger partial charge in [0.25, 0.3) is 5.56 Å². The second-order valence-electron chi connectivity index (χ2n) is 6.41. The molecule has 0 aromatic carbocycles. The number of furan rings is 1. The number of fused-ring (bicyclic) bond motifs is 3. The van der Waals surface area contributed by atoms with Crippen LogP contribution in [-0.4, -0.2) is 14.5 Å². The van der Waals surface area contributed by atoms with Crippen LogP contribution >= 0.6 is 0 Å². The van der Waals surface area contributed by atoms with Crippen molar-refractivity contribution in [1.29, 1.82) is 0 Å². The lowest BCUT2D eigenvalue weighted by Crippen LogP contribution is -2.27. The molecule has 1 N–H and O–H groups in total. The van der Waals surface area contributed by atoms with Gasteiger partial charge in [0.05, 0.1) is 12.7 Å². The zero-order valence-electron chi connectivity index (χ0n) is 12.8. The maximum atomic E-state index is 12.8. The van der Waals surface area contributed by atoms with E-state index in [0.29, 0.717) is 29.8 Å². The summed E-state index contributed by atoms with van der Waals surface area (Å²) in [6.07, 6.45) is 5.97. The molecular formula is C17H19N3O2. The highest BCUT2D eigenvalue weighted by atomic mass is 16.3. The molecule has 4 rings (SSSR count). The Labute approximate surface area is 128 Å². The van der Waals surface area contributed by atoms with Crippen LogP contribution in [0.5, 0.6) is 0 Å². The van der Waals surface area contributed by atoms with Crippen molar-refractivity contribution in [3.63, 3.8) is 0 Å². The molecular weight excluding hydrogens is 278 g/mol. The minimum atomic E-state index is -0.0158. The van der Waals surface area contributed by atoms with Crippen LogP contribution in [0.25, 0.3) is 5.82 Å². The summed E-state index contributed by atoms with van der Waals surface area (Å²) in [6.45, 7) is 4.45. The largest absolute Gasteiger partial charge is 0.469 e. The van der Waals surface area contributed by atoms with Gasteiger partial charge < -0.3 is 9.40 Å². The van der Waals surface area contributed by atoms with E-state index < -0.39 is 0 Å². The van der Waals surface area contributed by atoms with Crippen molar-refractivity contribution in [3.8, 4) is 5.82 Å². The quantitative estimate of drug-likeness (QED) is 0.791. The highest BCUT2D eigenvalue weighted by Crippen LogP contribution is 2.33. The Morgan fingerprint density at radius 2 is 2.32 bits per heavy atom. The number of aromatic nitrogens is 3. The molecule has 0 saturated carbocycles. The number of hydrogen-bond donors (Lipinski definition) is 1. The first kappa shape index (κ1) is 13.4. The van der Waals surface area contributed by atoms with Gasteiger partial charge in [-0.25, -0.2) is 4.98 Å². The van der Waals surface area contributed by atoms with Crippen molar-refractivity contribution in [2.45, 2.75) is 39.0 Å². The first-order valence-corrected chi connectivity index (χ1v) is 7.77. The van der Waals surface area contributed by atoms with Gasteiger partial charge in [0.15, 0.2) is 5.82 Å². The van der Waals surface area contributed by atoms with Gasteiger partial charge in [-0.2, -0.15) is 0 Å². The molecule has 2 atom stereocenters. The van der Waals surface area contributed by atoms with Crippen LogP contribution in [0.15, 0.2) is 33.8 Å². The first-order chi connectivity index (χ1) is 10.6. The second-order valence-corrected chi connectivity index (χ2v) is 6.41. The summed E-state index contributed by atoms with van der Waals surface area (Å²) in [5.74, 6) is 2.49. The Balaban J connectivity index is 1.87. The van der Waals surface area contributed by atoms with E-state index in [1.54, 1.807) is 10.8 Å². The molecule has 1 aromatic rings. The van der Waals surface area contributed by atoms with Crippen LogP contribution in [0.4, 0.5) is 0 Å². The van der Waals surface area contributed by atoms with Crippen molar-refractivity contribution in [1.82, 2.24) is 14.5 Å². The van der Waals surface area contributed by atoms with E-state index in [1.807, 2.05) is 18.3 Å². The van der Waals surface area contributed by atoms with E-state index in [-0.39, 0.29) is 5.56 Å².